The lowest BCUT2D eigenvalue weighted by molar-refractivity contribution is -0.0814. The van der Waals surface area contributed by atoms with E-state index in [2.05, 4.69) is 69.2 Å². The number of hydrogen-bond acceptors (Lipinski definition) is 3. The van der Waals surface area contributed by atoms with E-state index < -0.39 is 5.60 Å². The fourth-order valence-electron chi connectivity index (χ4n) is 6.72. The zero-order valence-corrected chi connectivity index (χ0v) is 29.5. The molecule has 0 spiro atoms. The number of hydrogen-bond donors (Lipinski definition) is 1. The summed E-state index contributed by atoms with van der Waals surface area (Å²) in [5.74, 6) is 3.93. The minimum absolute atomic E-state index is 0.0918. The Morgan fingerprint density at radius 3 is 1.82 bits per heavy atom. The fraction of sp³-hybridized carbons (Fsp3) is 1.00. The van der Waals surface area contributed by atoms with E-state index in [-0.39, 0.29) is 11.2 Å². The monoisotopic (exact) mass is 567 g/mol. The average Bonchev–Trinajstić information content (AvgIpc) is 2.78. The third-order valence-corrected chi connectivity index (χ3v) is 9.98. The molecule has 240 valence electrons. The van der Waals surface area contributed by atoms with Gasteiger partial charge in [0.1, 0.15) is 0 Å². The molecule has 1 aliphatic rings. The van der Waals surface area contributed by atoms with Gasteiger partial charge in [-0.3, -0.25) is 0 Å². The Kier molecular flexibility index (Phi) is 16.3. The zero-order chi connectivity index (χ0) is 30.6. The van der Waals surface area contributed by atoms with E-state index in [1.54, 1.807) is 0 Å². The van der Waals surface area contributed by atoms with Gasteiger partial charge >= 0.3 is 0 Å². The lowest BCUT2D eigenvalue weighted by Crippen LogP contribution is -2.38. The Bertz CT molecular complexity index is 657. The van der Waals surface area contributed by atoms with Gasteiger partial charge in [0.2, 0.25) is 0 Å². The van der Waals surface area contributed by atoms with Gasteiger partial charge in [-0.05, 0) is 115 Å². The third kappa shape index (κ3) is 17.7. The van der Waals surface area contributed by atoms with Crippen LogP contribution in [0, 0.1) is 35.0 Å². The van der Waals surface area contributed by atoms with E-state index in [1.807, 2.05) is 13.8 Å². The summed E-state index contributed by atoms with van der Waals surface area (Å²) in [4.78, 5) is 0. The maximum atomic E-state index is 10.1. The van der Waals surface area contributed by atoms with Crippen LogP contribution in [0.4, 0.5) is 0 Å². The summed E-state index contributed by atoms with van der Waals surface area (Å²) < 4.78 is 13.0. The molecule has 40 heavy (non-hydrogen) atoms. The maximum Gasteiger partial charge on any atom is 0.0629 e. The van der Waals surface area contributed by atoms with Gasteiger partial charge in [0.15, 0.2) is 0 Å². The van der Waals surface area contributed by atoms with E-state index in [0.717, 1.165) is 43.6 Å². The number of aliphatic hydroxyl groups is 1. The van der Waals surface area contributed by atoms with Crippen molar-refractivity contribution in [2.75, 3.05) is 13.2 Å². The lowest BCUT2D eigenvalue weighted by Gasteiger charge is -2.43. The predicted molar refractivity (Wildman–Crippen MR) is 175 cm³/mol. The first-order valence-electron chi connectivity index (χ1n) is 17.3. The van der Waals surface area contributed by atoms with Crippen molar-refractivity contribution in [3.8, 4) is 0 Å². The third-order valence-electron chi connectivity index (χ3n) is 9.98. The molecule has 4 atom stereocenters. The molecule has 0 bridgehead atoms. The molecule has 1 N–H and O–H groups in total. The molecule has 0 aromatic heterocycles. The number of rotatable bonds is 21. The van der Waals surface area contributed by atoms with Crippen LogP contribution in [-0.4, -0.2) is 35.1 Å². The highest BCUT2D eigenvalue weighted by atomic mass is 16.5. The number of ether oxygens (including phenoxy) is 2. The SMILES string of the molecule is CCC(C)(C)CCOC(C)(C)CC1CC(CCCC(C)CCCC(C)C)CCC1CC(C)(C)OCCC(C)(C)O. The summed E-state index contributed by atoms with van der Waals surface area (Å²) in [6, 6.07) is 0. The Morgan fingerprint density at radius 2 is 1.27 bits per heavy atom. The Labute approximate surface area is 252 Å². The first-order chi connectivity index (χ1) is 18.3. The Balaban J connectivity index is 2.77. The molecule has 3 nitrogen and oxygen atoms in total. The summed E-state index contributed by atoms with van der Waals surface area (Å²) >= 11 is 0. The standard InChI is InChI=1S/C37H74O3/c1-13-34(5,6)22-24-39-37(11,12)28-33-26-31(19-15-18-30(4)17-14-16-29(2)3)20-21-32(33)27-36(9,10)40-25-23-35(7,8)38/h29-33,38H,13-28H2,1-12H3. The Morgan fingerprint density at radius 1 is 0.725 bits per heavy atom. The fourth-order valence-corrected chi connectivity index (χ4v) is 6.72. The first kappa shape index (κ1) is 37.9. The second kappa shape index (κ2) is 17.2. The van der Waals surface area contributed by atoms with Crippen molar-refractivity contribution in [3.05, 3.63) is 0 Å². The summed E-state index contributed by atoms with van der Waals surface area (Å²) in [6.07, 6.45) is 17.6. The zero-order valence-electron chi connectivity index (χ0n) is 29.5. The molecule has 0 aliphatic heterocycles. The molecular weight excluding hydrogens is 492 g/mol. The molecule has 1 aliphatic carbocycles. The highest BCUT2D eigenvalue weighted by molar-refractivity contribution is 4.89. The van der Waals surface area contributed by atoms with Crippen molar-refractivity contribution in [1.29, 1.82) is 0 Å². The molecule has 0 amide bonds. The summed E-state index contributed by atoms with van der Waals surface area (Å²) in [5, 5.41) is 10.1. The van der Waals surface area contributed by atoms with Crippen LogP contribution < -0.4 is 0 Å². The summed E-state index contributed by atoms with van der Waals surface area (Å²) in [6.45, 7) is 28.6. The van der Waals surface area contributed by atoms with Gasteiger partial charge in [0, 0.05) is 6.61 Å². The van der Waals surface area contributed by atoms with Crippen molar-refractivity contribution >= 4 is 0 Å². The van der Waals surface area contributed by atoms with Crippen molar-refractivity contribution in [3.63, 3.8) is 0 Å². The van der Waals surface area contributed by atoms with Crippen LogP contribution in [0.15, 0.2) is 0 Å². The summed E-state index contributed by atoms with van der Waals surface area (Å²) in [7, 11) is 0. The van der Waals surface area contributed by atoms with E-state index in [4.69, 9.17) is 9.47 Å². The van der Waals surface area contributed by atoms with E-state index in [9.17, 15) is 5.11 Å². The summed E-state index contributed by atoms with van der Waals surface area (Å²) in [5.41, 5.74) is -0.574. The van der Waals surface area contributed by atoms with Crippen molar-refractivity contribution in [2.45, 2.75) is 190 Å². The molecule has 0 saturated heterocycles. The smallest absolute Gasteiger partial charge is 0.0629 e. The molecule has 3 heteroatoms. The van der Waals surface area contributed by atoms with Gasteiger partial charge in [-0.1, -0.05) is 92.9 Å². The van der Waals surface area contributed by atoms with Crippen molar-refractivity contribution in [1.82, 2.24) is 0 Å². The van der Waals surface area contributed by atoms with Gasteiger partial charge in [-0.15, -0.1) is 0 Å². The second-order valence-corrected chi connectivity index (χ2v) is 17.0. The topological polar surface area (TPSA) is 38.7 Å². The molecule has 4 unspecified atom stereocenters. The van der Waals surface area contributed by atoms with E-state index in [0.29, 0.717) is 30.3 Å². The second-order valence-electron chi connectivity index (χ2n) is 17.0. The highest BCUT2D eigenvalue weighted by Crippen LogP contribution is 2.45. The molecular formula is C37H74O3. The van der Waals surface area contributed by atoms with E-state index in [1.165, 1.54) is 64.2 Å². The largest absolute Gasteiger partial charge is 0.390 e. The van der Waals surface area contributed by atoms with Gasteiger partial charge in [-0.2, -0.15) is 0 Å². The molecule has 0 aromatic carbocycles. The maximum absolute atomic E-state index is 10.1. The predicted octanol–water partition coefficient (Wildman–Crippen LogP) is 11.0. The van der Waals surface area contributed by atoms with Crippen LogP contribution in [0.5, 0.6) is 0 Å². The van der Waals surface area contributed by atoms with Crippen LogP contribution in [0.3, 0.4) is 0 Å². The van der Waals surface area contributed by atoms with Crippen LogP contribution in [0.2, 0.25) is 0 Å². The first-order valence-corrected chi connectivity index (χ1v) is 17.3. The van der Waals surface area contributed by atoms with Gasteiger partial charge < -0.3 is 14.6 Å². The molecule has 1 fully saturated rings. The minimum Gasteiger partial charge on any atom is -0.390 e. The van der Waals surface area contributed by atoms with Crippen molar-refractivity contribution in [2.24, 2.45) is 35.0 Å². The van der Waals surface area contributed by atoms with Crippen LogP contribution in [-0.2, 0) is 9.47 Å². The molecule has 1 rings (SSSR count). The van der Waals surface area contributed by atoms with Gasteiger partial charge in [0.05, 0.1) is 23.4 Å². The van der Waals surface area contributed by atoms with Crippen LogP contribution in [0.25, 0.3) is 0 Å². The molecule has 1 saturated carbocycles. The quantitative estimate of drug-likeness (QED) is 0.150. The Hall–Kier alpha value is -0.120. The normalized spacial score (nSPS) is 22.2. The molecule has 0 aromatic rings. The minimum atomic E-state index is -0.670. The molecule has 0 radical (unpaired) electrons. The lowest BCUT2D eigenvalue weighted by atomic mass is 9.66. The van der Waals surface area contributed by atoms with Crippen LogP contribution in [0.1, 0.15) is 173 Å². The van der Waals surface area contributed by atoms with Gasteiger partial charge in [-0.25, -0.2) is 0 Å². The average molecular weight is 567 g/mol. The molecule has 0 heterocycles. The van der Waals surface area contributed by atoms with Crippen molar-refractivity contribution < 1.29 is 14.6 Å². The van der Waals surface area contributed by atoms with Crippen LogP contribution >= 0.6 is 0 Å². The highest BCUT2D eigenvalue weighted by Gasteiger charge is 2.38. The van der Waals surface area contributed by atoms with E-state index >= 15 is 0 Å². The van der Waals surface area contributed by atoms with Gasteiger partial charge in [0.25, 0.3) is 0 Å².